The number of hydrogen-bond donors (Lipinski definition) is 1. The van der Waals surface area contributed by atoms with Crippen LogP contribution in [0.1, 0.15) is 11.1 Å². The highest BCUT2D eigenvalue weighted by Gasteiger charge is 2.04. The second-order valence-corrected chi connectivity index (χ2v) is 4.44. The minimum atomic E-state index is 0.863. The number of nitrogens with one attached hydrogen (secondary N) is 1. The van der Waals surface area contributed by atoms with Gasteiger partial charge in [-0.15, -0.1) is 0 Å². The Morgan fingerprint density at radius 3 is 2.56 bits per heavy atom. The van der Waals surface area contributed by atoms with E-state index in [9.17, 15) is 0 Å². The number of aromatic nitrogens is 1. The smallest absolute Gasteiger partial charge is 0.125 e. The van der Waals surface area contributed by atoms with Crippen LogP contribution < -0.4 is 10.2 Å². The molecule has 0 amide bonds. The van der Waals surface area contributed by atoms with Gasteiger partial charge in [0.1, 0.15) is 5.82 Å². The third-order valence-corrected chi connectivity index (χ3v) is 3.03. The molecule has 0 aliphatic rings. The maximum atomic E-state index is 4.33. The summed E-state index contributed by atoms with van der Waals surface area (Å²) in [6.45, 7) is 3.00. The number of hydrogen-bond acceptors (Lipinski definition) is 3. The van der Waals surface area contributed by atoms with E-state index in [0.29, 0.717) is 0 Å². The van der Waals surface area contributed by atoms with Gasteiger partial charge in [-0.2, -0.15) is 0 Å². The van der Waals surface area contributed by atoms with Gasteiger partial charge in [-0.05, 0) is 30.2 Å². The van der Waals surface area contributed by atoms with E-state index in [1.54, 1.807) is 0 Å². The van der Waals surface area contributed by atoms with Crippen LogP contribution in [0.25, 0.3) is 0 Å². The largest absolute Gasteiger partial charge is 0.373 e. The number of pyridine rings is 1. The van der Waals surface area contributed by atoms with Gasteiger partial charge in [0.25, 0.3) is 0 Å². The van der Waals surface area contributed by atoms with Crippen molar-refractivity contribution in [2.75, 3.05) is 24.3 Å². The van der Waals surface area contributed by atoms with Crippen molar-refractivity contribution in [2.45, 2.75) is 13.5 Å². The average molecular weight is 241 g/mol. The molecule has 3 heteroatoms. The zero-order valence-corrected chi connectivity index (χ0v) is 11.1. The summed E-state index contributed by atoms with van der Waals surface area (Å²) in [5.74, 6) is 0.900. The summed E-state index contributed by atoms with van der Waals surface area (Å²) in [7, 11) is 3.98. The first kappa shape index (κ1) is 12.4. The Balaban J connectivity index is 2.11. The van der Waals surface area contributed by atoms with Gasteiger partial charge in [0.15, 0.2) is 0 Å². The molecule has 3 nitrogen and oxygen atoms in total. The van der Waals surface area contributed by atoms with Crippen LogP contribution in [0.15, 0.2) is 42.6 Å². The average Bonchev–Trinajstić information content (AvgIpc) is 2.40. The Kier molecular flexibility index (Phi) is 3.82. The van der Waals surface area contributed by atoms with Gasteiger partial charge < -0.3 is 10.2 Å². The van der Waals surface area contributed by atoms with Crippen LogP contribution >= 0.6 is 0 Å². The molecule has 1 aromatic carbocycles. The lowest BCUT2D eigenvalue weighted by molar-refractivity contribution is 0.910. The molecular formula is C15H19N3. The molecule has 0 spiro atoms. The van der Waals surface area contributed by atoms with E-state index in [2.05, 4.69) is 59.5 Å². The Labute approximate surface area is 108 Å². The van der Waals surface area contributed by atoms with Crippen molar-refractivity contribution >= 4 is 11.5 Å². The lowest BCUT2D eigenvalue weighted by atomic mass is 10.1. The van der Waals surface area contributed by atoms with Crippen LogP contribution in [0.3, 0.4) is 0 Å². The zero-order chi connectivity index (χ0) is 13.0. The summed E-state index contributed by atoms with van der Waals surface area (Å²) in [6.07, 6.45) is 1.92. The number of anilines is 2. The Morgan fingerprint density at radius 1 is 1.17 bits per heavy atom. The van der Waals surface area contributed by atoms with Crippen LogP contribution in [0.2, 0.25) is 0 Å². The van der Waals surface area contributed by atoms with Gasteiger partial charge in [-0.3, -0.25) is 0 Å². The van der Waals surface area contributed by atoms with Crippen molar-refractivity contribution in [2.24, 2.45) is 0 Å². The lowest BCUT2D eigenvalue weighted by Gasteiger charge is -2.21. The molecule has 0 bridgehead atoms. The fourth-order valence-electron chi connectivity index (χ4n) is 2.02. The highest BCUT2D eigenvalue weighted by Crippen LogP contribution is 2.19. The first-order chi connectivity index (χ1) is 8.70. The monoisotopic (exact) mass is 241 g/mol. The van der Waals surface area contributed by atoms with E-state index < -0.39 is 0 Å². The molecule has 1 aromatic heterocycles. The summed E-state index contributed by atoms with van der Waals surface area (Å²) in [6, 6.07) is 12.5. The van der Waals surface area contributed by atoms with Crippen molar-refractivity contribution in [1.29, 1.82) is 0 Å². The first-order valence-electron chi connectivity index (χ1n) is 6.10. The molecule has 0 aliphatic carbocycles. The third kappa shape index (κ3) is 2.80. The second-order valence-electron chi connectivity index (χ2n) is 4.44. The van der Waals surface area contributed by atoms with Crippen molar-refractivity contribution < 1.29 is 0 Å². The van der Waals surface area contributed by atoms with Crippen LogP contribution in [0.4, 0.5) is 11.5 Å². The Hall–Kier alpha value is -2.03. The molecule has 1 N–H and O–H groups in total. The molecule has 0 radical (unpaired) electrons. The van der Waals surface area contributed by atoms with Crippen LogP contribution in [-0.4, -0.2) is 19.1 Å². The fraction of sp³-hybridized carbons (Fsp3) is 0.267. The van der Waals surface area contributed by atoms with Crippen molar-refractivity contribution in [1.82, 2.24) is 4.98 Å². The minimum absolute atomic E-state index is 0.863. The summed E-state index contributed by atoms with van der Waals surface area (Å²) in [4.78, 5) is 6.57. The third-order valence-electron chi connectivity index (χ3n) is 3.03. The SMILES string of the molecule is CNc1ccc(CN(C)c2ccccc2C)cn1. The van der Waals surface area contributed by atoms with Gasteiger partial charge in [0, 0.05) is 32.5 Å². The van der Waals surface area contributed by atoms with E-state index in [1.165, 1.54) is 16.8 Å². The van der Waals surface area contributed by atoms with E-state index in [1.807, 2.05) is 19.3 Å². The number of aryl methyl sites for hydroxylation is 1. The number of para-hydroxylation sites is 1. The molecular weight excluding hydrogens is 222 g/mol. The van der Waals surface area contributed by atoms with Crippen molar-refractivity contribution in [3.05, 3.63) is 53.7 Å². The maximum absolute atomic E-state index is 4.33. The van der Waals surface area contributed by atoms with Gasteiger partial charge in [-0.25, -0.2) is 4.98 Å². The summed E-state index contributed by atoms with van der Waals surface area (Å²) in [5, 5.41) is 3.02. The predicted molar refractivity (Wildman–Crippen MR) is 77.1 cm³/mol. The topological polar surface area (TPSA) is 28.2 Å². The molecule has 0 saturated heterocycles. The summed E-state index contributed by atoms with van der Waals surface area (Å²) in [5.41, 5.74) is 3.76. The Bertz CT molecular complexity index is 505. The summed E-state index contributed by atoms with van der Waals surface area (Å²) < 4.78 is 0. The number of benzene rings is 1. The van der Waals surface area contributed by atoms with E-state index in [4.69, 9.17) is 0 Å². The zero-order valence-electron chi connectivity index (χ0n) is 11.1. The van der Waals surface area contributed by atoms with Gasteiger partial charge >= 0.3 is 0 Å². The highest BCUT2D eigenvalue weighted by atomic mass is 15.1. The quantitative estimate of drug-likeness (QED) is 0.891. The normalized spacial score (nSPS) is 10.2. The summed E-state index contributed by atoms with van der Waals surface area (Å²) >= 11 is 0. The molecule has 0 fully saturated rings. The number of rotatable bonds is 4. The molecule has 2 rings (SSSR count). The standard InChI is InChI=1S/C15H19N3/c1-12-6-4-5-7-14(12)18(3)11-13-8-9-15(16-2)17-10-13/h4-10H,11H2,1-3H3,(H,16,17). The first-order valence-corrected chi connectivity index (χ1v) is 6.10. The van der Waals surface area contributed by atoms with Gasteiger partial charge in [-0.1, -0.05) is 24.3 Å². The highest BCUT2D eigenvalue weighted by molar-refractivity contribution is 5.52. The van der Waals surface area contributed by atoms with Crippen LogP contribution in [-0.2, 0) is 6.54 Å². The van der Waals surface area contributed by atoms with Crippen LogP contribution in [0, 0.1) is 6.92 Å². The molecule has 94 valence electrons. The van der Waals surface area contributed by atoms with E-state index in [-0.39, 0.29) is 0 Å². The lowest BCUT2D eigenvalue weighted by Crippen LogP contribution is -2.17. The predicted octanol–water partition coefficient (Wildman–Crippen LogP) is 3.07. The molecule has 0 atom stereocenters. The van der Waals surface area contributed by atoms with Gasteiger partial charge in [0.05, 0.1) is 0 Å². The second kappa shape index (κ2) is 5.54. The molecule has 18 heavy (non-hydrogen) atoms. The maximum Gasteiger partial charge on any atom is 0.125 e. The fourth-order valence-corrected chi connectivity index (χ4v) is 2.02. The molecule has 0 saturated carbocycles. The van der Waals surface area contributed by atoms with Crippen LogP contribution in [0.5, 0.6) is 0 Å². The number of nitrogens with zero attached hydrogens (tertiary/aromatic N) is 2. The van der Waals surface area contributed by atoms with Gasteiger partial charge in [0.2, 0.25) is 0 Å². The van der Waals surface area contributed by atoms with Crippen molar-refractivity contribution in [3.63, 3.8) is 0 Å². The molecule has 2 aromatic rings. The van der Waals surface area contributed by atoms with Crippen molar-refractivity contribution in [3.8, 4) is 0 Å². The minimum Gasteiger partial charge on any atom is -0.373 e. The molecule has 0 aliphatic heterocycles. The Morgan fingerprint density at radius 2 is 1.94 bits per heavy atom. The molecule has 0 unspecified atom stereocenters. The molecule has 1 heterocycles. The van der Waals surface area contributed by atoms with E-state index in [0.717, 1.165) is 12.4 Å². The van der Waals surface area contributed by atoms with E-state index >= 15 is 0 Å².